The summed E-state index contributed by atoms with van der Waals surface area (Å²) in [5.74, 6) is -1.05. The maximum Gasteiger partial charge on any atom is 0.336 e. The number of rotatable bonds is 19. The first-order valence-electron chi connectivity index (χ1n) is 12.9. The Balaban J connectivity index is 2.12. The summed E-state index contributed by atoms with van der Waals surface area (Å²) in [6.45, 7) is 1.48. The Morgan fingerprint density at radius 3 is 1.83 bits per heavy atom. The number of unbranched alkanes of at least 4 members (excludes halogenated alkanes) is 5. The van der Waals surface area contributed by atoms with Crippen molar-refractivity contribution in [2.45, 2.75) is 74.2 Å². The third-order valence-electron chi connectivity index (χ3n) is 5.76. The van der Waals surface area contributed by atoms with Gasteiger partial charge in [-0.1, -0.05) is 63.3 Å². The molecule has 14 nitrogen and oxygen atoms in total. The van der Waals surface area contributed by atoms with Crippen molar-refractivity contribution in [3.05, 3.63) is 68.8 Å². The molecule has 0 saturated carbocycles. The molecule has 0 N–H and O–H groups in total. The first kappa shape index (κ1) is 33.7. The zero-order valence-electron chi connectivity index (χ0n) is 22.4. The van der Waals surface area contributed by atoms with Gasteiger partial charge in [0.1, 0.15) is 0 Å². The summed E-state index contributed by atoms with van der Waals surface area (Å²) in [4.78, 5) is 32.0. The van der Waals surface area contributed by atoms with Crippen LogP contribution in [0, 0.1) is 20.2 Å². The SMILES string of the molecule is CCCCCCCCOC(=O)C(CCCOS(=O)(=O)c1ccccc1[N+](=O)[O-])OS(=O)(=O)c1ccccc1[N+](=O)[O-]. The maximum atomic E-state index is 12.9. The van der Waals surface area contributed by atoms with E-state index in [1.54, 1.807) is 0 Å². The van der Waals surface area contributed by atoms with E-state index in [2.05, 4.69) is 6.92 Å². The molecule has 0 heterocycles. The fourth-order valence-electron chi connectivity index (χ4n) is 3.70. The van der Waals surface area contributed by atoms with Crippen LogP contribution < -0.4 is 0 Å². The lowest BCUT2D eigenvalue weighted by molar-refractivity contribution is -0.388. The van der Waals surface area contributed by atoms with Gasteiger partial charge in [-0.25, -0.2) is 4.79 Å². The summed E-state index contributed by atoms with van der Waals surface area (Å²) in [5.41, 5.74) is -1.45. The van der Waals surface area contributed by atoms with Gasteiger partial charge in [-0.2, -0.15) is 16.8 Å². The Kier molecular flexibility index (Phi) is 13.2. The third-order valence-corrected chi connectivity index (χ3v) is 8.49. The van der Waals surface area contributed by atoms with E-state index >= 15 is 0 Å². The third kappa shape index (κ3) is 10.5. The van der Waals surface area contributed by atoms with Gasteiger partial charge in [0.2, 0.25) is 0 Å². The Morgan fingerprint density at radius 1 is 0.756 bits per heavy atom. The van der Waals surface area contributed by atoms with E-state index in [1.807, 2.05) is 0 Å². The normalized spacial score (nSPS) is 12.5. The lowest BCUT2D eigenvalue weighted by Crippen LogP contribution is -2.30. The number of esters is 1. The summed E-state index contributed by atoms with van der Waals surface area (Å²) in [5, 5.41) is 22.5. The summed E-state index contributed by atoms with van der Waals surface area (Å²) < 4.78 is 65.9. The van der Waals surface area contributed by atoms with Crippen LogP contribution in [-0.4, -0.2) is 52.0 Å². The van der Waals surface area contributed by atoms with E-state index < -0.39 is 76.3 Å². The molecule has 0 aliphatic rings. The molecule has 0 aliphatic heterocycles. The van der Waals surface area contributed by atoms with Crippen LogP contribution >= 0.6 is 0 Å². The topological polar surface area (TPSA) is 199 Å². The van der Waals surface area contributed by atoms with E-state index in [-0.39, 0.29) is 13.0 Å². The standard InChI is InChI=1S/C25H32N2O12S2/c1-2-3-4-5-6-11-18-37-25(28)22(39-41(35,36)24-17-10-8-14-21(24)27(31)32)15-12-19-38-40(33,34)23-16-9-7-13-20(23)26(29)30/h7-10,13-14,16-17,22H,2-6,11-12,15,18-19H2,1H3. The van der Waals surface area contributed by atoms with Crippen molar-refractivity contribution in [1.82, 2.24) is 0 Å². The number of ether oxygens (including phenoxy) is 1. The molecule has 1 unspecified atom stereocenters. The van der Waals surface area contributed by atoms with Crippen molar-refractivity contribution in [3.63, 3.8) is 0 Å². The molecule has 16 heteroatoms. The predicted octanol–water partition coefficient (Wildman–Crippen LogP) is 4.67. The molecule has 41 heavy (non-hydrogen) atoms. The van der Waals surface area contributed by atoms with Gasteiger partial charge in [0.25, 0.3) is 11.4 Å². The summed E-state index contributed by atoms with van der Waals surface area (Å²) in [6.07, 6.45) is 3.00. The molecule has 0 fully saturated rings. The average Bonchev–Trinajstić information content (AvgIpc) is 2.94. The second-order valence-electron chi connectivity index (χ2n) is 8.84. The fourth-order valence-corrected chi connectivity index (χ4v) is 6.03. The highest BCUT2D eigenvalue weighted by molar-refractivity contribution is 7.87. The van der Waals surface area contributed by atoms with Gasteiger partial charge in [0, 0.05) is 12.1 Å². The number of carbonyl (C=O) groups is 1. The van der Waals surface area contributed by atoms with Crippen LogP contribution in [0.1, 0.15) is 58.3 Å². The van der Waals surface area contributed by atoms with Gasteiger partial charge in [0.15, 0.2) is 15.9 Å². The van der Waals surface area contributed by atoms with E-state index in [9.17, 15) is 41.9 Å². The number of nitro groups is 2. The molecule has 2 aromatic rings. The average molecular weight is 617 g/mol. The highest BCUT2D eigenvalue weighted by Crippen LogP contribution is 2.27. The molecule has 2 rings (SSSR count). The van der Waals surface area contributed by atoms with Gasteiger partial charge in [-0.15, -0.1) is 0 Å². The Bertz CT molecular complexity index is 1410. The highest BCUT2D eigenvalue weighted by atomic mass is 32.2. The zero-order valence-corrected chi connectivity index (χ0v) is 24.0. The lowest BCUT2D eigenvalue weighted by atomic mass is 10.1. The monoisotopic (exact) mass is 616 g/mol. The zero-order chi connectivity index (χ0) is 30.5. The van der Waals surface area contributed by atoms with Crippen molar-refractivity contribution < 1.29 is 44.6 Å². The van der Waals surface area contributed by atoms with E-state index in [0.717, 1.165) is 56.4 Å². The Morgan fingerprint density at radius 2 is 1.27 bits per heavy atom. The minimum absolute atomic E-state index is 0.0150. The number of hydrogen-bond acceptors (Lipinski definition) is 12. The lowest BCUT2D eigenvalue weighted by Gasteiger charge is -2.17. The van der Waals surface area contributed by atoms with Crippen molar-refractivity contribution in [1.29, 1.82) is 0 Å². The molecule has 0 aromatic heterocycles. The first-order chi connectivity index (χ1) is 19.4. The van der Waals surface area contributed by atoms with Gasteiger partial charge in [0.05, 0.1) is 23.1 Å². The Labute approximate surface area is 238 Å². The van der Waals surface area contributed by atoms with E-state index in [4.69, 9.17) is 13.1 Å². The minimum Gasteiger partial charge on any atom is -0.464 e. The summed E-state index contributed by atoms with van der Waals surface area (Å²) >= 11 is 0. The molecule has 0 radical (unpaired) electrons. The fraction of sp³-hybridized carbons (Fsp3) is 0.480. The van der Waals surface area contributed by atoms with Crippen molar-refractivity contribution in [3.8, 4) is 0 Å². The van der Waals surface area contributed by atoms with Crippen LogP contribution in [0.3, 0.4) is 0 Å². The minimum atomic E-state index is -4.83. The number of carbonyl (C=O) groups excluding carboxylic acids is 1. The molecule has 0 aliphatic carbocycles. The number of para-hydroxylation sites is 2. The van der Waals surface area contributed by atoms with Crippen LogP contribution in [0.5, 0.6) is 0 Å². The summed E-state index contributed by atoms with van der Waals surface area (Å²) in [6, 6.07) is 8.98. The first-order valence-corrected chi connectivity index (χ1v) is 15.7. The highest BCUT2D eigenvalue weighted by Gasteiger charge is 2.33. The van der Waals surface area contributed by atoms with Crippen LogP contribution in [0.25, 0.3) is 0 Å². The van der Waals surface area contributed by atoms with Gasteiger partial charge >= 0.3 is 26.2 Å². The van der Waals surface area contributed by atoms with Gasteiger partial charge in [-0.05, 0) is 31.4 Å². The van der Waals surface area contributed by atoms with Gasteiger partial charge in [-0.3, -0.25) is 28.6 Å². The number of nitro benzene ring substituents is 2. The largest absolute Gasteiger partial charge is 0.464 e. The molecule has 1 atom stereocenters. The quantitative estimate of drug-likeness (QED) is 0.0695. The molecule has 0 amide bonds. The molecular formula is C25H32N2O12S2. The number of hydrogen-bond donors (Lipinski definition) is 0. The van der Waals surface area contributed by atoms with Crippen molar-refractivity contribution >= 4 is 37.6 Å². The van der Waals surface area contributed by atoms with Crippen LogP contribution in [0.15, 0.2) is 58.3 Å². The van der Waals surface area contributed by atoms with Crippen LogP contribution in [0.4, 0.5) is 11.4 Å². The van der Waals surface area contributed by atoms with Crippen LogP contribution in [0.2, 0.25) is 0 Å². The van der Waals surface area contributed by atoms with E-state index in [1.165, 1.54) is 24.3 Å². The molecule has 226 valence electrons. The Hall–Kier alpha value is -3.47. The molecule has 2 aromatic carbocycles. The van der Waals surface area contributed by atoms with E-state index in [0.29, 0.717) is 6.42 Å². The second-order valence-corrected chi connectivity index (χ2v) is 12.0. The molecule has 0 saturated heterocycles. The van der Waals surface area contributed by atoms with Crippen LogP contribution in [-0.2, 0) is 38.1 Å². The number of benzene rings is 2. The molecule has 0 bridgehead atoms. The second kappa shape index (κ2) is 16.1. The maximum absolute atomic E-state index is 12.9. The van der Waals surface area contributed by atoms with Crippen molar-refractivity contribution in [2.24, 2.45) is 0 Å². The van der Waals surface area contributed by atoms with Gasteiger partial charge < -0.3 is 4.74 Å². The predicted molar refractivity (Wildman–Crippen MR) is 145 cm³/mol. The smallest absolute Gasteiger partial charge is 0.336 e. The molecular weight excluding hydrogens is 584 g/mol. The summed E-state index contributed by atoms with van der Waals surface area (Å²) in [7, 11) is -9.39. The van der Waals surface area contributed by atoms with Crippen molar-refractivity contribution in [2.75, 3.05) is 13.2 Å². The number of nitrogens with zero attached hydrogens (tertiary/aromatic N) is 2. The molecule has 0 spiro atoms.